The molecule has 0 spiro atoms. The van der Waals surface area contributed by atoms with E-state index in [1.54, 1.807) is 38.1 Å². The summed E-state index contributed by atoms with van der Waals surface area (Å²) in [5.41, 5.74) is 3.14. The van der Waals surface area contributed by atoms with E-state index in [0.29, 0.717) is 27.8 Å². The van der Waals surface area contributed by atoms with Gasteiger partial charge in [-0.1, -0.05) is 35.3 Å². The van der Waals surface area contributed by atoms with Crippen molar-refractivity contribution in [1.29, 1.82) is 0 Å². The highest BCUT2D eigenvalue weighted by atomic mass is 35.5. The fraction of sp³-hybridized carbons (Fsp3) is 0.440. The van der Waals surface area contributed by atoms with Crippen LogP contribution in [0.2, 0.25) is 10.0 Å². The number of carbonyl (C=O) groups is 2. The maximum absolute atomic E-state index is 13.3. The van der Waals surface area contributed by atoms with E-state index in [-0.39, 0.29) is 37.7 Å². The number of aryl methyl sites for hydroxylation is 2. The molecule has 0 aliphatic rings. The van der Waals surface area contributed by atoms with Gasteiger partial charge in [-0.25, -0.2) is 8.42 Å². The summed E-state index contributed by atoms with van der Waals surface area (Å²) in [4.78, 5) is 27.3. The molecule has 0 unspecified atom stereocenters. The molecule has 0 aromatic heterocycles. The third-order valence-electron chi connectivity index (χ3n) is 5.84. The van der Waals surface area contributed by atoms with Gasteiger partial charge in [0.2, 0.25) is 21.8 Å². The average Bonchev–Trinajstić information content (AvgIpc) is 2.77. The summed E-state index contributed by atoms with van der Waals surface area (Å²) >= 11 is 12.6. The zero-order valence-electron chi connectivity index (χ0n) is 20.8. The number of hydrogen-bond acceptors (Lipinski definition) is 4. The first-order chi connectivity index (χ1) is 16.4. The van der Waals surface area contributed by atoms with Crippen LogP contribution in [-0.2, 0) is 26.2 Å². The van der Waals surface area contributed by atoms with E-state index in [4.69, 9.17) is 23.2 Å². The second-order valence-corrected chi connectivity index (χ2v) is 11.2. The standard InChI is InChI=1S/C25H33Cl2N3O4S/c1-6-28-25(32)19(4)29(16-21-22(26)9-7-10-23(21)27)24(31)11-8-14-30(35(5,33)34)20-13-12-17(2)18(3)15-20/h7,9-10,12-13,15,19H,6,8,11,14,16H2,1-5H3,(H,28,32)/t19-/m0/s1. The molecule has 0 saturated carbocycles. The van der Waals surface area contributed by atoms with Crippen molar-refractivity contribution < 1.29 is 18.0 Å². The number of sulfonamides is 1. The molecule has 10 heteroatoms. The Labute approximate surface area is 218 Å². The van der Waals surface area contributed by atoms with Gasteiger partial charge in [0.25, 0.3) is 0 Å². The van der Waals surface area contributed by atoms with Crippen LogP contribution in [0.15, 0.2) is 36.4 Å². The Morgan fingerprint density at radius 1 is 1.06 bits per heavy atom. The van der Waals surface area contributed by atoms with Crippen LogP contribution in [0.3, 0.4) is 0 Å². The van der Waals surface area contributed by atoms with Crippen molar-refractivity contribution >= 4 is 50.7 Å². The Balaban J connectivity index is 2.22. The SMILES string of the molecule is CCNC(=O)[C@H](C)N(Cc1c(Cl)cccc1Cl)C(=O)CCCN(c1ccc(C)c(C)c1)S(C)(=O)=O. The van der Waals surface area contributed by atoms with Crippen molar-refractivity contribution in [3.05, 3.63) is 63.1 Å². The van der Waals surface area contributed by atoms with Crippen molar-refractivity contribution in [2.24, 2.45) is 0 Å². The van der Waals surface area contributed by atoms with Gasteiger partial charge in [0.15, 0.2) is 0 Å². The molecule has 2 amide bonds. The zero-order chi connectivity index (χ0) is 26.3. The maximum atomic E-state index is 13.3. The highest BCUT2D eigenvalue weighted by molar-refractivity contribution is 7.92. The summed E-state index contributed by atoms with van der Waals surface area (Å²) < 4.78 is 26.2. The number of nitrogens with zero attached hydrogens (tertiary/aromatic N) is 2. The lowest BCUT2D eigenvalue weighted by Gasteiger charge is -2.30. The molecule has 192 valence electrons. The summed E-state index contributed by atoms with van der Waals surface area (Å²) in [5.74, 6) is -0.592. The number of carbonyl (C=O) groups excluding carboxylic acids is 2. The minimum atomic E-state index is -3.55. The van der Waals surface area contributed by atoms with E-state index >= 15 is 0 Å². The van der Waals surface area contributed by atoms with Crippen molar-refractivity contribution in [1.82, 2.24) is 10.2 Å². The van der Waals surface area contributed by atoms with Crippen LogP contribution in [0.25, 0.3) is 0 Å². The van der Waals surface area contributed by atoms with Gasteiger partial charge in [-0.3, -0.25) is 13.9 Å². The van der Waals surface area contributed by atoms with E-state index in [9.17, 15) is 18.0 Å². The lowest BCUT2D eigenvalue weighted by atomic mass is 10.1. The van der Waals surface area contributed by atoms with Crippen LogP contribution in [0.4, 0.5) is 5.69 Å². The Bertz CT molecular complexity index is 1150. The summed E-state index contributed by atoms with van der Waals surface area (Å²) in [6.45, 7) is 7.94. The molecule has 0 saturated heterocycles. The predicted octanol–water partition coefficient (Wildman–Crippen LogP) is 4.71. The van der Waals surface area contributed by atoms with Gasteiger partial charge in [0.05, 0.1) is 11.9 Å². The summed E-state index contributed by atoms with van der Waals surface area (Å²) in [5, 5.41) is 3.53. The molecule has 1 N–H and O–H groups in total. The van der Waals surface area contributed by atoms with Crippen LogP contribution in [0.5, 0.6) is 0 Å². The minimum absolute atomic E-state index is 0.0443. The Kier molecular flexibility index (Phi) is 10.4. The molecule has 0 bridgehead atoms. The second-order valence-electron chi connectivity index (χ2n) is 8.50. The highest BCUT2D eigenvalue weighted by Gasteiger charge is 2.27. The number of rotatable bonds is 11. The molecule has 2 rings (SSSR count). The van der Waals surface area contributed by atoms with Crippen molar-refractivity contribution in [3.63, 3.8) is 0 Å². The second kappa shape index (κ2) is 12.6. The molecule has 0 radical (unpaired) electrons. The monoisotopic (exact) mass is 541 g/mol. The van der Waals surface area contributed by atoms with E-state index in [2.05, 4.69) is 5.32 Å². The fourth-order valence-electron chi connectivity index (χ4n) is 3.64. The molecular weight excluding hydrogens is 509 g/mol. The van der Waals surface area contributed by atoms with Crippen molar-refractivity contribution in [3.8, 4) is 0 Å². The number of benzene rings is 2. The number of hydrogen-bond donors (Lipinski definition) is 1. The molecule has 2 aromatic rings. The van der Waals surface area contributed by atoms with Gasteiger partial charge in [-0.05, 0) is 69.5 Å². The number of halogens is 2. The van der Waals surface area contributed by atoms with Gasteiger partial charge in [0.1, 0.15) is 6.04 Å². The molecule has 2 aromatic carbocycles. The third kappa shape index (κ3) is 7.85. The summed E-state index contributed by atoms with van der Waals surface area (Å²) in [6.07, 6.45) is 1.46. The Morgan fingerprint density at radius 3 is 2.23 bits per heavy atom. The first-order valence-electron chi connectivity index (χ1n) is 11.4. The third-order valence-corrected chi connectivity index (χ3v) is 7.74. The number of likely N-dealkylation sites (N-methyl/N-ethyl adjacent to an activating group) is 1. The number of anilines is 1. The van der Waals surface area contributed by atoms with E-state index in [1.807, 2.05) is 26.0 Å². The van der Waals surface area contributed by atoms with Crippen LogP contribution in [0, 0.1) is 13.8 Å². The first-order valence-corrected chi connectivity index (χ1v) is 14.0. The Hall–Kier alpha value is -2.29. The van der Waals surface area contributed by atoms with Crippen molar-refractivity contribution in [2.75, 3.05) is 23.7 Å². The van der Waals surface area contributed by atoms with Crippen LogP contribution in [0.1, 0.15) is 43.4 Å². The summed E-state index contributed by atoms with van der Waals surface area (Å²) in [7, 11) is -3.55. The molecule has 0 aliphatic heterocycles. The van der Waals surface area contributed by atoms with E-state index in [0.717, 1.165) is 17.4 Å². The lowest BCUT2D eigenvalue weighted by Crippen LogP contribution is -2.47. The fourth-order valence-corrected chi connectivity index (χ4v) is 5.12. The van der Waals surface area contributed by atoms with Gasteiger partial charge < -0.3 is 10.2 Å². The molecule has 0 heterocycles. The maximum Gasteiger partial charge on any atom is 0.242 e. The van der Waals surface area contributed by atoms with Crippen LogP contribution < -0.4 is 9.62 Å². The molecule has 0 aliphatic carbocycles. The Morgan fingerprint density at radius 2 is 1.69 bits per heavy atom. The molecule has 7 nitrogen and oxygen atoms in total. The summed E-state index contributed by atoms with van der Waals surface area (Å²) in [6, 6.07) is 9.75. The molecular formula is C25H33Cl2N3O4S. The average molecular weight is 543 g/mol. The van der Waals surface area contributed by atoms with Gasteiger partial charge in [0, 0.05) is 41.7 Å². The number of amides is 2. The van der Waals surface area contributed by atoms with Crippen molar-refractivity contribution in [2.45, 2.75) is 53.1 Å². The predicted molar refractivity (Wildman–Crippen MR) is 142 cm³/mol. The van der Waals surface area contributed by atoms with E-state index < -0.39 is 16.1 Å². The first kappa shape index (κ1) is 28.9. The quantitative estimate of drug-likeness (QED) is 0.446. The minimum Gasteiger partial charge on any atom is -0.355 e. The van der Waals surface area contributed by atoms with Gasteiger partial charge >= 0.3 is 0 Å². The molecule has 1 atom stereocenters. The lowest BCUT2D eigenvalue weighted by molar-refractivity contribution is -0.140. The molecule has 0 fully saturated rings. The van der Waals surface area contributed by atoms with Crippen LogP contribution in [-0.4, -0.2) is 50.5 Å². The van der Waals surface area contributed by atoms with Gasteiger partial charge in [-0.2, -0.15) is 0 Å². The number of nitrogens with one attached hydrogen (secondary N) is 1. The van der Waals surface area contributed by atoms with E-state index in [1.165, 1.54) is 9.21 Å². The smallest absolute Gasteiger partial charge is 0.242 e. The zero-order valence-corrected chi connectivity index (χ0v) is 23.1. The van der Waals surface area contributed by atoms with Crippen LogP contribution >= 0.6 is 23.2 Å². The topological polar surface area (TPSA) is 86.8 Å². The highest BCUT2D eigenvalue weighted by Crippen LogP contribution is 2.27. The normalized spacial score (nSPS) is 12.2. The van der Waals surface area contributed by atoms with Gasteiger partial charge in [-0.15, -0.1) is 0 Å². The molecule has 35 heavy (non-hydrogen) atoms. The largest absolute Gasteiger partial charge is 0.355 e.